The Kier molecular flexibility index (Phi) is 6.15. The number of nitrogens with one attached hydrogen (secondary N) is 2. The molecule has 0 aliphatic heterocycles. The molecule has 19 heavy (non-hydrogen) atoms. The van der Waals surface area contributed by atoms with E-state index in [1.807, 2.05) is 12.1 Å². The van der Waals surface area contributed by atoms with E-state index in [2.05, 4.69) is 24.5 Å². The first-order valence-electron chi connectivity index (χ1n) is 6.45. The first-order chi connectivity index (χ1) is 9.01. The molecule has 106 valence electrons. The van der Waals surface area contributed by atoms with Crippen molar-refractivity contribution in [2.75, 3.05) is 19.0 Å². The van der Waals surface area contributed by atoms with Crippen LogP contribution in [-0.2, 0) is 0 Å². The second-order valence-electron chi connectivity index (χ2n) is 4.96. The molecule has 0 bridgehead atoms. The van der Waals surface area contributed by atoms with Crippen LogP contribution in [0.2, 0.25) is 0 Å². The van der Waals surface area contributed by atoms with Crippen LogP contribution in [0.1, 0.15) is 20.3 Å². The lowest BCUT2D eigenvalue weighted by Gasteiger charge is -2.15. The van der Waals surface area contributed by atoms with Crippen LogP contribution in [0.3, 0.4) is 0 Å². The van der Waals surface area contributed by atoms with Gasteiger partial charge in [0.1, 0.15) is 5.75 Å². The van der Waals surface area contributed by atoms with E-state index in [1.54, 1.807) is 19.2 Å². The van der Waals surface area contributed by atoms with E-state index in [0.717, 1.165) is 6.42 Å². The Morgan fingerprint density at radius 2 is 2.16 bits per heavy atom. The molecular formula is C14H23N3O2. The summed E-state index contributed by atoms with van der Waals surface area (Å²) in [6, 6.07) is 6.92. The van der Waals surface area contributed by atoms with Gasteiger partial charge in [0, 0.05) is 24.3 Å². The SMILES string of the molecule is COc1cccc(NC(=O)NCC(N)CC(C)C)c1. The van der Waals surface area contributed by atoms with Gasteiger partial charge in [0.25, 0.3) is 0 Å². The minimum absolute atomic E-state index is 0.0175. The summed E-state index contributed by atoms with van der Waals surface area (Å²) in [5, 5.41) is 5.50. The van der Waals surface area contributed by atoms with E-state index < -0.39 is 0 Å². The van der Waals surface area contributed by atoms with Gasteiger partial charge in [-0.3, -0.25) is 0 Å². The Balaban J connectivity index is 2.38. The number of nitrogens with two attached hydrogens (primary N) is 1. The molecule has 1 aromatic rings. The number of hydrogen-bond donors (Lipinski definition) is 3. The standard InChI is InChI=1S/C14H23N3O2/c1-10(2)7-11(15)9-16-14(18)17-12-5-4-6-13(8-12)19-3/h4-6,8,10-11H,7,9,15H2,1-3H3,(H2,16,17,18). The summed E-state index contributed by atoms with van der Waals surface area (Å²) in [6.45, 7) is 4.68. The van der Waals surface area contributed by atoms with Crippen LogP contribution in [0, 0.1) is 5.92 Å². The molecule has 0 spiro atoms. The highest BCUT2D eigenvalue weighted by Crippen LogP contribution is 2.16. The fourth-order valence-electron chi connectivity index (χ4n) is 1.79. The quantitative estimate of drug-likeness (QED) is 0.738. The molecule has 2 amide bonds. The lowest BCUT2D eigenvalue weighted by Crippen LogP contribution is -2.39. The number of amides is 2. The van der Waals surface area contributed by atoms with Gasteiger partial charge in [0.05, 0.1) is 7.11 Å². The van der Waals surface area contributed by atoms with Crippen molar-refractivity contribution < 1.29 is 9.53 Å². The van der Waals surface area contributed by atoms with Crippen LogP contribution in [0.25, 0.3) is 0 Å². The van der Waals surface area contributed by atoms with Crippen LogP contribution in [0.5, 0.6) is 5.75 Å². The number of anilines is 1. The summed E-state index contributed by atoms with van der Waals surface area (Å²) in [5.41, 5.74) is 6.59. The van der Waals surface area contributed by atoms with Crippen LogP contribution < -0.4 is 21.1 Å². The minimum Gasteiger partial charge on any atom is -0.497 e. The lowest BCUT2D eigenvalue weighted by atomic mass is 10.0. The molecule has 0 fully saturated rings. The number of rotatable bonds is 6. The minimum atomic E-state index is -0.257. The van der Waals surface area contributed by atoms with Crippen molar-refractivity contribution in [3.05, 3.63) is 24.3 Å². The van der Waals surface area contributed by atoms with Crippen molar-refractivity contribution in [2.24, 2.45) is 11.7 Å². The number of carbonyl (C=O) groups is 1. The smallest absolute Gasteiger partial charge is 0.319 e. The zero-order valence-corrected chi connectivity index (χ0v) is 11.8. The monoisotopic (exact) mass is 265 g/mol. The average molecular weight is 265 g/mol. The molecule has 0 aromatic heterocycles. The van der Waals surface area contributed by atoms with E-state index >= 15 is 0 Å². The fourth-order valence-corrected chi connectivity index (χ4v) is 1.79. The first kappa shape index (κ1) is 15.3. The maximum Gasteiger partial charge on any atom is 0.319 e. The third kappa shape index (κ3) is 6.10. The highest BCUT2D eigenvalue weighted by molar-refractivity contribution is 5.89. The maximum absolute atomic E-state index is 11.7. The first-order valence-corrected chi connectivity index (χ1v) is 6.45. The zero-order chi connectivity index (χ0) is 14.3. The number of ether oxygens (including phenoxy) is 1. The molecule has 1 rings (SSSR count). The van der Waals surface area contributed by atoms with E-state index in [4.69, 9.17) is 10.5 Å². The fraction of sp³-hybridized carbons (Fsp3) is 0.500. The van der Waals surface area contributed by atoms with Gasteiger partial charge in [-0.1, -0.05) is 19.9 Å². The topological polar surface area (TPSA) is 76.4 Å². The summed E-state index contributed by atoms with van der Waals surface area (Å²) in [5.74, 6) is 1.23. The van der Waals surface area contributed by atoms with Gasteiger partial charge in [-0.15, -0.1) is 0 Å². The summed E-state index contributed by atoms with van der Waals surface area (Å²) in [6.07, 6.45) is 0.888. The average Bonchev–Trinajstić information content (AvgIpc) is 2.36. The molecule has 0 saturated carbocycles. The molecule has 1 atom stereocenters. The van der Waals surface area contributed by atoms with Crippen molar-refractivity contribution in [2.45, 2.75) is 26.3 Å². The van der Waals surface area contributed by atoms with Crippen molar-refractivity contribution in [3.8, 4) is 5.75 Å². The number of benzene rings is 1. The molecule has 0 radical (unpaired) electrons. The van der Waals surface area contributed by atoms with Crippen molar-refractivity contribution in [1.29, 1.82) is 0 Å². The van der Waals surface area contributed by atoms with Crippen molar-refractivity contribution >= 4 is 11.7 Å². The van der Waals surface area contributed by atoms with Crippen molar-refractivity contribution in [1.82, 2.24) is 5.32 Å². The van der Waals surface area contributed by atoms with E-state index in [9.17, 15) is 4.79 Å². The third-order valence-corrected chi connectivity index (χ3v) is 2.63. The van der Waals surface area contributed by atoms with Crippen LogP contribution >= 0.6 is 0 Å². The van der Waals surface area contributed by atoms with Gasteiger partial charge >= 0.3 is 6.03 Å². The molecule has 1 aromatic carbocycles. The zero-order valence-electron chi connectivity index (χ0n) is 11.8. The second-order valence-corrected chi connectivity index (χ2v) is 4.96. The summed E-state index contributed by atoms with van der Waals surface area (Å²) in [7, 11) is 1.59. The summed E-state index contributed by atoms with van der Waals surface area (Å²) < 4.78 is 5.09. The predicted molar refractivity (Wildman–Crippen MR) is 77.4 cm³/mol. The molecule has 1 unspecified atom stereocenters. The van der Waals surface area contributed by atoms with Gasteiger partial charge in [-0.25, -0.2) is 4.79 Å². The number of hydrogen-bond acceptors (Lipinski definition) is 3. The van der Waals surface area contributed by atoms with Crippen LogP contribution in [-0.4, -0.2) is 25.7 Å². The Morgan fingerprint density at radius 3 is 2.79 bits per heavy atom. The van der Waals surface area contributed by atoms with Gasteiger partial charge < -0.3 is 21.1 Å². The molecule has 0 aliphatic rings. The van der Waals surface area contributed by atoms with E-state index in [-0.39, 0.29) is 12.1 Å². The highest BCUT2D eigenvalue weighted by atomic mass is 16.5. The molecule has 5 nitrogen and oxygen atoms in total. The van der Waals surface area contributed by atoms with E-state index in [0.29, 0.717) is 23.9 Å². The largest absolute Gasteiger partial charge is 0.497 e. The van der Waals surface area contributed by atoms with Crippen LogP contribution in [0.15, 0.2) is 24.3 Å². The normalized spacial score (nSPS) is 12.1. The Hall–Kier alpha value is -1.75. The molecule has 0 aliphatic carbocycles. The Labute approximate surface area is 114 Å². The lowest BCUT2D eigenvalue weighted by molar-refractivity contribution is 0.251. The second kappa shape index (κ2) is 7.63. The molecule has 4 N–H and O–H groups in total. The summed E-state index contributed by atoms with van der Waals surface area (Å²) in [4.78, 5) is 11.7. The van der Waals surface area contributed by atoms with Crippen LogP contribution in [0.4, 0.5) is 10.5 Å². The number of carbonyl (C=O) groups excluding carboxylic acids is 1. The molecule has 0 heterocycles. The van der Waals surface area contributed by atoms with Crippen molar-refractivity contribution in [3.63, 3.8) is 0 Å². The molecule has 0 saturated heterocycles. The molecular weight excluding hydrogens is 242 g/mol. The Bertz CT molecular complexity index is 407. The van der Waals surface area contributed by atoms with Gasteiger partial charge in [-0.2, -0.15) is 0 Å². The van der Waals surface area contributed by atoms with Gasteiger partial charge in [0.15, 0.2) is 0 Å². The Morgan fingerprint density at radius 1 is 1.42 bits per heavy atom. The van der Waals surface area contributed by atoms with Gasteiger partial charge in [-0.05, 0) is 24.5 Å². The van der Waals surface area contributed by atoms with Gasteiger partial charge in [0.2, 0.25) is 0 Å². The predicted octanol–water partition coefficient (Wildman–Crippen LogP) is 2.19. The number of urea groups is 1. The maximum atomic E-state index is 11.7. The molecule has 5 heteroatoms. The van der Waals surface area contributed by atoms with E-state index in [1.165, 1.54) is 0 Å². The number of methoxy groups -OCH3 is 1. The highest BCUT2D eigenvalue weighted by Gasteiger charge is 2.08. The summed E-state index contributed by atoms with van der Waals surface area (Å²) >= 11 is 0. The third-order valence-electron chi connectivity index (χ3n) is 2.63.